The third-order valence-corrected chi connectivity index (χ3v) is 3.72. The fourth-order valence-electron chi connectivity index (χ4n) is 2.39. The lowest BCUT2D eigenvalue weighted by atomic mass is 10.0. The molecule has 1 N–H and O–H groups in total. The minimum absolute atomic E-state index is 0.354. The van der Waals surface area contributed by atoms with Crippen molar-refractivity contribution in [2.24, 2.45) is 0 Å². The summed E-state index contributed by atoms with van der Waals surface area (Å²) in [5, 5.41) is 10.2. The summed E-state index contributed by atoms with van der Waals surface area (Å²) in [6.45, 7) is 11.7. The first-order chi connectivity index (χ1) is 10.1. The molecule has 0 fully saturated rings. The summed E-state index contributed by atoms with van der Waals surface area (Å²) >= 11 is 0. The Balaban J connectivity index is 2.47. The maximum Gasteiger partial charge on any atom is 0.122 e. The van der Waals surface area contributed by atoms with Gasteiger partial charge in [0.2, 0.25) is 0 Å². The fourth-order valence-corrected chi connectivity index (χ4v) is 2.39. The molecular weight excluding hydrogens is 262 g/mol. The van der Waals surface area contributed by atoms with Gasteiger partial charge < -0.3 is 14.7 Å². The van der Waals surface area contributed by atoms with E-state index in [2.05, 4.69) is 38.7 Å². The van der Waals surface area contributed by atoms with Gasteiger partial charge in [0.05, 0.1) is 0 Å². The second kappa shape index (κ2) is 9.80. The first kappa shape index (κ1) is 18.0. The Morgan fingerprint density at radius 1 is 1.19 bits per heavy atom. The third kappa shape index (κ3) is 6.49. The molecule has 3 nitrogen and oxygen atoms in total. The normalized spacial score (nSPS) is 12.9. The van der Waals surface area contributed by atoms with Gasteiger partial charge in [-0.05, 0) is 37.1 Å². The van der Waals surface area contributed by atoms with Crippen molar-refractivity contribution >= 4 is 0 Å². The Hall–Kier alpha value is -1.06. The maximum absolute atomic E-state index is 10.2. The van der Waals surface area contributed by atoms with E-state index in [1.54, 1.807) is 0 Å². The number of likely N-dealkylation sites (N-methyl/N-ethyl adjacent to an activating group) is 1. The standard InChI is InChI=1S/C18H31NO2/c1-5-7-12-19(6-2)13-16(20)14-21-18-11-9-8-10-17(18)15(3)4/h8-11,15-16,20H,5-7,12-14H2,1-4H3/t16-/m0/s1. The van der Waals surface area contributed by atoms with Crippen LogP contribution in [0.1, 0.15) is 52.0 Å². The monoisotopic (exact) mass is 293 g/mol. The third-order valence-electron chi connectivity index (χ3n) is 3.72. The molecule has 120 valence electrons. The largest absolute Gasteiger partial charge is 0.491 e. The summed E-state index contributed by atoms with van der Waals surface area (Å²) in [7, 11) is 0. The van der Waals surface area contributed by atoms with Crippen molar-refractivity contribution in [3.05, 3.63) is 29.8 Å². The highest BCUT2D eigenvalue weighted by molar-refractivity contribution is 5.35. The van der Waals surface area contributed by atoms with Gasteiger partial charge in [0.15, 0.2) is 0 Å². The number of aliphatic hydroxyl groups is 1. The van der Waals surface area contributed by atoms with Crippen molar-refractivity contribution in [3.8, 4) is 5.75 Å². The molecule has 0 aliphatic rings. The molecule has 0 aromatic heterocycles. The van der Waals surface area contributed by atoms with Crippen molar-refractivity contribution in [2.45, 2.75) is 52.6 Å². The van der Waals surface area contributed by atoms with Crippen LogP contribution in [0.2, 0.25) is 0 Å². The van der Waals surface area contributed by atoms with Crippen LogP contribution in [-0.4, -0.2) is 42.4 Å². The molecule has 1 atom stereocenters. The minimum atomic E-state index is -0.443. The molecule has 0 unspecified atom stereocenters. The van der Waals surface area contributed by atoms with E-state index in [-0.39, 0.29) is 0 Å². The van der Waals surface area contributed by atoms with E-state index in [1.807, 2.05) is 18.2 Å². The van der Waals surface area contributed by atoms with E-state index in [0.717, 1.165) is 18.8 Å². The van der Waals surface area contributed by atoms with Crippen molar-refractivity contribution in [2.75, 3.05) is 26.2 Å². The lowest BCUT2D eigenvalue weighted by Crippen LogP contribution is -2.36. The summed E-state index contributed by atoms with van der Waals surface area (Å²) in [5.74, 6) is 1.32. The predicted octanol–water partition coefficient (Wildman–Crippen LogP) is 3.67. The highest BCUT2D eigenvalue weighted by Crippen LogP contribution is 2.25. The summed E-state index contributed by atoms with van der Waals surface area (Å²) in [6.07, 6.45) is 1.92. The molecule has 0 saturated heterocycles. The molecule has 0 aliphatic heterocycles. The van der Waals surface area contributed by atoms with E-state index in [1.165, 1.54) is 18.4 Å². The lowest BCUT2D eigenvalue weighted by Gasteiger charge is -2.24. The van der Waals surface area contributed by atoms with Gasteiger partial charge >= 0.3 is 0 Å². The molecule has 1 aromatic carbocycles. The van der Waals surface area contributed by atoms with Crippen LogP contribution >= 0.6 is 0 Å². The van der Waals surface area contributed by atoms with Crippen molar-refractivity contribution in [1.82, 2.24) is 4.90 Å². The Kier molecular flexibility index (Phi) is 8.40. The molecule has 21 heavy (non-hydrogen) atoms. The van der Waals surface area contributed by atoms with Crippen LogP contribution in [0.3, 0.4) is 0 Å². The van der Waals surface area contributed by atoms with Gasteiger partial charge in [-0.15, -0.1) is 0 Å². The molecule has 0 bridgehead atoms. The maximum atomic E-state index is 10.2. The van der Waals surface area contributed by atoms with Crippen molar-refractivity contribution < 1.29 is 9.84 Å². The number of hydrogen-bond donors (Lipinski definition) is 1. The van der Waals surface area contributed by atoms with Crippen LogP contribution in [0.5, 0.6) is 5.75 Å². The Labute approximate surface area is 129 Å². The van der Waals surface area contributed by atoms with Crippen LogP contribution in [0.4, 0.5) is 0 Å². The predicted molar refractivity (Wildman–Crippen MR) is 89.1 cm³/mol. The van der Waals surface area contributed by atoms with Crippen LogP contribution in [0, 0.1) is 0 Å². The smallest absolute Gasteiger partial charge is 0.122 e. The molecule has 0 amide bonds. The summed E-state index contributed by atoms with van der Waals surface area (Å²) < 4.78 is 5.83. The Morgan fingerprint density at radius 2 is 1.90 bits per heavy atom. The van der Waals surface area contributed by atoms with Gasteiger partial charge in [0.1, 0.15) is 18.5 Å². The number of ether oxygens (including phenoxy) is 1. The minimum Gasteiger partial charge on any atom is -0.491 e. The number of hydrogen-bond acceptors (Lipinski definition) is 3. The number of aliphatic hydroxyl groups excluding tert-OH is 1. The molecule has 1 rings (SSSR count). The van der Waals surface area contributed by atoms with Gasteiger partial charge in [-0.25, -0.2) is 0 Å². The van der Waals surface area contributed by atoms with E-state index < -0.39 is 6.10 Å². The Morgan fingerprint density at radius 3 is 2.52 bits per heavy atom. The van der Waals surface area contributed by atoms with Crippen LogP contribution in [-0.2, 0) is 0 Å². The van der Waals surface area contributed by atoms with Crippen LogP contribution < -0.4 is 4.74 Å². The average molecular weight is 293 g/mol. The summed E-state index contributed by atoms with van der Waals surface area (Å²) in [6, 6.07) is 8.08. The first-order valence-electron chi connectivity index (χ1n) is 8.20. The van der Waals surface area contributed by atoms with Gasteiger partial charge in [-0.1, -0.05) is 52.3 Å². The molecule has 0 aliphatic carbocycles. The average Bonchev–Trinajstić information content (AvgIpc) is 2.49. The lowest BCUT2D eigenvalue weighted by molar-refractivity contribution is 0.0690. The second-order valence-electron chi connectivity index (χ2n) is 5.90. The van der Waals surface area contributed by atoms with E-state index in [9.17, 15) is 5.11 Å². The zero-order valence-electron chi connectivity index (χ0n) is 14.0. The van der Waals surface area contributed by atoms with E-state index in [0.29, 0.717) is 19.1 Å². The van der Waals surface area contributed by atoms with Gasteiger partial charge in [-0.2, -0.15) is 0 Å². The van der Waals surface area contributed by atoms with Gasteiger partial charge in [0, 0.05) is 6.54 Å². The SMILES string of the molecule is CCCCN(CC)C[C@H](O)COc1ccccc1C(C)C. The molecule has 3 heteroatoms. The van der Waals surface area contributed by atoms with Crippen molar-refractivity contribution in [1.29, 1.82) is 0 Å². The molecule has 0 radical (unpaired) electrons. The highest BCUT2D eigenvalue weighted by Gasteiger charge is 2.13. The van der Waals surface area contributed by atoms with Crippen LogP contribution in [0.25, 0.3) is 0 Å². The quantitative estimate of drug-likeness (QED) is 0.714. The molecule has 1 aromatic rings. The molecule has 0 spiro atoms. The molecule has 0 heterocycles. The molecule has 0 saturated carbocycles. The fraction of sp³-hybridized carbons (Fsp3) is 0.667. The second-order valence-corrected chi connectivity index (χ2v) is 5.90. The number of nitrogens with zero attached hydrogens (tertiary/aromatic N) is 1. The number of benzene rings is 1. The van der Waals surface area contributed by atoms with Gasteiger partial charge in [-0.3, -0.25) is 0 Å². The summed E-state index contributed by atoms with van der Waals surface area (Å²) in [5.41, 5.74) is 1.20. The van der Waals surface area contributed by atoms with E-state index >= 15 is 0 Å². The first-order valence-corrected chi connectivity index (χ1v) is 8.20. The number of rotatable bonds is 10. The van der Waals surface area contributed by atoms with Crippen LogP contribution in [0.15, 0.2) is 24.3 Å². The zero-order chi connectivity index (χ0) is 15.7. The van der Waals surface area contributed by atoms with Gasteiger partial charge in [0.25, 0.3) is 0 Å². The Bertz CT molecular complexity index is 393. The topological polar surface area (TPSA) is 32.7 Å². The highest BCUT2D eigenvalue weighted by atomic mass is 16.5. The molecular formula is C18H31NO2. The zero-order valence-corrected chi connectivity index (χ0v) is 14.0. The summed E-state index contributed by atoms with van der Waals surface area (Å²) in [4.78, 5) is 2.28. The van der Waals surface area contributed by atoms with E-state index in [4.69, 9.17) is 4.74 Å². The number of unbranched alkanes of at least 4 members (excludes halogenated alkanes) is 1. The van der Waals surface area contributed by atoms with Crippen molar-refractivity contribution in [3.63, 3.8) is 0 Å². The number of para-hydroxylation sites is 1.